The first-order valence-electron chi connectivity index (χ1n) is 9.47. The molecule has 2 rings (SSSR count). The number of rotatable bonds is 7. The summed E-state index contributed by atoms with van der Waals surface area (Å²) in [6.07, 6.45) is 4.20. The van der Waals surface area contributed by atoms with E-state index in [1.54, 1.807) is 24.3 Å². The number of carbonyl (C=O) groups excluding carboxylic acids is 2. The summed E-state index contributed by atoms with van der Waals surface area (Å²) >= 11 is 5.89. The minimum absolute atomic E-state index is 0.127. The standard InChI is InChI=1S/C20H29ClN4O2/c1-12(2)11-17(24-20(27)15-5-3-4-6-16(15)22)18(25-23)19(26)13-7-9-14(21)10-8-13/h7-10,12,15-17H,3-6,11,22-23H2,1-2H3,(H,24,27)/t15-,16+,17?/m1/s1. The Morgan fingerprint density at radius 3 is 2.41 bits per heavy atom. The molecule has 1 amide bonds. The van der Waals surface area contributed by atoms with Gasteiger partial charge in [-0.25, -0.2) is 0 Å². The molecule has 0 spiro atoms. The van der Waals surface area contributed by atoms with E-state index in [4.69, 9.17) is 23.2 Å². The van der Waals surface area contributed by atoms with Gasteiger partial charge in [0.1, 0.15) is 5.71 Å². The maximum atomic E-state index is 12.9. The van der Waals surface area contributed by atoms with Crippen LogP contribution >= 0.6 is 11.6 Å². The van der Waals surface area contributed by atoms with Gasteiger partial charge >= 0.3 is 0 Å². The summed E-state index contributed by atoms with van der Waals surface area (Å²) in [4.78, 5) is 25.7. The van der Waals surface area contributed by atoms with Crippen LogP contribution in [0.15, 0.2) is 29.4 Å². The van der Waals surface area contributed by atoms with Crippen molar-refractivity contribution in [2.24, 2.45) is 28.5 Å². The fourth-order valence-electron chi connectivity index (χ4n) is 3.53. The molecule has 148 valence electrons. The molecule has 1 unspecified atom stereocenters. The predicted molar refractivity (Wildman–Crippen MR) is 109 cm³/mol. The zero-order valence-electron chi connectivity index (χ0n) is 16.0. The fourth-order valence-corrected chi connectivity index (χ4v) is 3.66. The summed E-state index contributed by atoms with van der Waals surface area (Å²) in [5.74, 6) is 5.13. The quantitative estimate of drug-likeness (QED) is 0.286. The number of nitrogens with zero attached hydrogens (tertiary/aromatic N) is 1. The van der Waals surface area contributed by atoms with Crippen molar-refractivity contribution in [1.29, 1.82) is 0 Å². The number of hydrazone groups is 1. The number of halogens is 1. The lowest BCUT2D eigenvalue weighted by Gasteiger charge is -2.30. The van der Waals surface area contributed by atoms with Gasteiger partial charge in [-0.1, -0.05) is 38.3 Å². The molecule has 1 aromatic carbocycles. The predicted octanol–water partition coefficient (Wildman–Crippen LogP) is 2.89. The third kappa shape index (κ3) is 5.78. The van der Waals surface area contributed by atoms with E-state index in [0.29, 0.717) is 17.0 Å². The van der Waals surface area contributed by atoms with Crippen LogP contribution in [-0.4, -0.2) is 29.5 Å². The third-order valence-electron chi connectivity index (χ3n) is 4.99. The van der Waals surface area contributed by atoms with Gasteiger partial charge in [-0.3, -0.25) is 9.59 Å². The molecule has 0 saturated heterocycles. The highest BCUT2D eigenvalue weighted by Gasteiger charge is 2.32. The zero-order chi connectivity index (χ0) is 20.0. The van der Waals surface area contributed by atoms with E-state index in [1.165, 1.54) is 0 Å². The van der Waals surface area contributed by atoms with Gasteiger partial charge in [0.2, 0.25) is 11.7 Å². The highest BCUT2D eigenvalue weighted by atomic mass is 35.5. The van der Waals surface area contributed by atoms with Crippen molar-refractivity contribution in [3.05, 3.63) is 34.9 Å². The van der Waals surface area contributed by atoms with Gasteiger partial charge in [0.25, 0.3) is 0 Å². The molecule has 0 bridgehead atoms. The largest absolute Gasteiger partial charge is 0.347 e. The van der Waals surface area contributed by atoms with Crippen LogP contribution in [0.5, 0.6) is 0 Å². The van der Waals surface area contributed by atoms with E-state index in [1.807, 2.05) is 13.8 Å². The number of hydrogen-bond donors (Lipinski definition) is 3. The summed E-state index contributed by atoms with van der Waals surface area (Å²) < 4.78 is 0. The topological polar surface area (TPSA) is 111 Å². The Morgan fingerprint density at radius 1 is 1.22 bits per heavy atom. The molecule has 6 nitrogen and oxygen atoms in total. The van der Waals surface area contributed by atoms with Crippen LogP contribution < -0.4 is 16.9 Å². The van der Waals surface area contributed by atoms with E-state index in [9.17, 15) is 9.59 Å². The van der Waals surface area contributed by atoms with Gasteiger partial charge in [0.15, 0.2) is 0 Å². The first-order chi connectivity index (χ1) is 12.8. The molecular formula is C20H29ClN4O2. The number of amides is 1. The lowest BCUT2D eigenvalue weighted by Crippen LogP contribution is -2.51. The fraction of sp³-hybridized carbons (Fsp3) is 0.550. The van der Waals surface area contributed by atoms with Gasteiger partial charge in [-0.05, 0) is 49.4 Å². The van der Waals surface area contributed by atoms with Crippen molar-refractivity contribution in [2.75, 3.05) is 0 Å². The SMILES string of the molecule is CC(C)CC(NC(=O)[C@@H]1CCCC[C@@H]1N)C(=NN)C(=O)c1ccc(Cl)cc1. The number of hydrogen-bond acceptors (Lipinski definition) is 5. The molecule has 1 aliphatic rings. The Bertz CT molecular complexity index is 688. The summed E-state index contributed by atoms with van der Waals surface area (Å²) in [5, 5.41) is 7.27. The second kappa shape index (κ2) is 9.85. The summed E-state index contributed by atoms with van der Waals surface area (Å²) in [6, 6.07) is 5.82. The molecule has 0 radical (unpaired) electrons. The number of ketones is 1. The second-order valence-corrected chi connectivity index (χ2v) is 8.03. The van der Waals surface area contributed by atoms with Gasteiger partial charge in [0.05, 0.1) is 12.0 Å². The summed E-state index contributed by atoms with van der Waals surface area (Å²) in [7, 11) is 0. The lowest BCUT2D eigenvalue weighted by molar-refractivity contribution is -0.126. The molecule has 0 aromatic heterocycles. The molecule has 0 aliphatic heterocycles. The third-order valence-corrected chi connectivity index (χ3v) is 5.24. The maximum absolute atomic E-state index is 12.9. The monoisotopic (exact) mass is 392 g/mol. The Labute approximate surface area is 165 Å². The normalized spacial score (nSPS) is 21.7. The van der Waals surface area contributed by atoms with Crippen LogP contribution in [0.25, 0.3) is 0 Å². The Kier molecular flexibility index (Phi) is 7.80. The number of Topliss-reactive ketones (excluding diaryl/α,β-unsaturated/α-hetero) is 1. The van der Waals surface area contributed by atoms with E-state index >= 15 is 0 Å². The number of nitrogens with one attached hydrogen (secondary N) is 1. The van der Waals surface area contributed by atoms with Crippen molar-refractivity contribution < 1.29 is 9.59 Å². The highest BCUT2D eigenvalue weighted by molar-refractivity contribution is 6.48. The molecule has 5 N–H and O–H groups in total. The van der Waals surface area contributed by atoms with Crippen molar-refractivity contribution in [3.63, 3.8) is 0 Å². The Morgan fingerprint density at radius 2 is 1.85 bits per heavy atom. The molecule has 3 atom stereocenters. The summed E-state index contributed by atoms with van der Waals surface area (Å²) in [6.45, 7) is 4.04. The molecular weight excluding hydrogens is 364 g/mol. The van der Waals surface area contributed by atoms with Crippen LogP contribution in [0.3, 0.4) is 0 Å². The van der Waals surface area contributed by atoms with Gasteiger partial charge in [-0.2, -0.15) is 5.10 Å². The lowest BCUT2D eigenvalue weighted by atomic mass is 9.84. The van der Waals surface area contributed by atoms with Crippen molar-refractivity contribution in [2.45, 2.75) is 58.0 Å². The average Bonchev–Trinajstić information content (AvgIpc) is 2.62. The van der Waals surface area contributed by atoms with Crippen LogP contribution in [0.4, 0.5) is 0 Å². The number of nitrogens with two attached hydrogens (primary N) is 2. The van der Waals surface area contributed by atoms with Gasteiger partial charge in [0, 0.05) is 16.6 Å². The summed E-state index contributed by atoms with van der Waals surface area (Å²) in [5.41, 5.74) is 6.71. The van der Waals surface area contributed by atoms with Crippen molar-refractivity contribution in [1.82, 2.24) is 5.32 Å². The zero-order valence-corrected chi connectivity index (χ0v) is 16.7. The Balaban J connectivity index is 2.20. The maximum Gasteiger partial charge on any atom is 0.225 e. The van der Waals surface area contributed by atoms with Crippen molar-refractivity contribution >= 4 is 29.0 Å². The van der Waals surface area contributed by atoms with Crippen LogP contribution in [0, 0.1) is 11.8 Å². The number of benzene rings is 1. The van der Waals surface area contributed by atoms with Crippen molar-refractivity contribution in [3.8, 4) is 0 Å². The van der Waals surface area contributed by atoms with E-state index < -0.39 is 6.04 Å². The molecule has 1 aromatic rings. The van der Waals surface area contributed by atoms with Gasteiger partial charge < -0.3 is 16.9 Å². The molecule has 1 aliphatic carbocycles. The van der Waals surface area contributed by atoms with Gasteiger partial charge in [-0.15, -0.1) is 0 Å². The average molecular weight is 393 g/mol. The minimum Gasteiger partial charge on any atom is -0.347 e. The molecule has 7 heteroatoms. The van der Waals surface area contributed by atoms with E-state index in [2.05, 4.69) is 10.4 Å². The van der Waals surface area contributed by atoms with Crippen LogP contribution in [-0.2, 0) is 4.79 Å². The smallest absolute Gasteiger partial charge is 0.225 e. The minimum atomic E-state index is -0.556. The molecule has 1 saturated carbocycles. The molecule has 0 heterocycles. The number of carbonyl (C=O) groups is 2. The highest BCUT2D eigenvalue weighted by Crippen LogP contribution is 2.24. The van der Waals surface area contributed by atoms with Crippen LogP contribution in [0.1, 0.15) is 56.3 Å². The second-order valence-electron chi connectivity index (χ2n) is 7.60. The molecule has 1 fully saturated rings. The van der Waals surface area contributed by atoms with E-state index in [-0.39, 0.29) is 35.3 Å². The Hall–Kier alpha value is -1.92. The first-order valence-corrected chi connectivity index (χ1v) is 9.85. The first kappa shape index (κ1) is 21.4. The van der Waals surface area contributed by atoms with E-state index in [0.717, 1.165) is 25.7 Å². The molecule has 27 heavy (non-hydrogen) atoms. The van der Waals surface area contributed by atoms with Crippen LogP contribution in [0.2, 0.25) is 5.02 Å².